The van der Waals surface area contributed by atoms with Crippen LogP contribution in [0.2, 0.25) is 0 Å². The average molecular weight is 549 g/mol. The van der Waals surface area contributed by atoms with Gasteiger partial charge in [-0.15, -0.1) is 23.7 Å². The highest BCUT2D eigenvalue weighted by atomic mass is 35.5. The number of nitrogens with one attached hydrogen (secondary N) is 1. The lowest BCUT2D eigenvalue weighted by molar-refractivity contribution is 0.0526. The van der Waals surface area contributed by atoms with E-state index >= 15 is 0 Å². The normalized spacial score (nSPS) is 13.4. The Hall–Kier alpha value is -2.72. The van der Waals surface area contributed by atoms with E-state index in [1.54, 1.807) is 13.8 Å². The summed E-state index contributed by atoms with van der Waals surface area (Å²) >= 11 is 1.39. The molecule has 0 bridgehead atoms. The summed E-state index contributed by atoms with van der Waals surface area (Å²) in [5.74, 6) is -0.860. The Labute approximate surface area is 221 Å². The van der Waals surface area contributed by atoms with Crippen LogP contribution in [0, 0.1) is 0 Å². The highest BCUT2D eigenvalue weighted by Gasteiger charge is 2.29. The van der Waals surface area contributed by atoms with E-state index in [2.05, 4.69) is 22.3 Å². The van der Waals surface area contributed by atoms with Crippen LogP contribution in [-0.2, 0) is 34.1 Å². The van der Waals surface area contributed by atoms with Crippen LogP contribution in [-0.4, -0.2) is 44.1 Å². The summed E-state index contributed by atoms with van der Waals surface area (Å²) in [5.41, 5.74) is 2.88. The predicted molar refractivity (Wildman–Crippen MR) is 144 cm³/mol. The lowest BCUT2D eigenvalue weighted by Crippen LogP contribution is -2.29. The summed E-state index contributed by atoms with van der Waals surface area (Å²) in [4.78, 5) is 29.3. The highest BCUT2D eigenvalue weighted by Crippen LogP contribution is 2.38. The molecule has 0 saturated carbocycles. The first-order valence-corrected chi connectivity index (χ1v) is 14.0. The van der Waals surface area contributed by atoms with Crippen molar-refractivity contribution in [3.8, 4) is 0 Å². The van der Waals surface area contributed by atoms with Gasteiger partial charge in [0.15, 0.2) is 9.84 Å². The van der Waals surface area contributed by atoms with Crippen molar-refractivity contribution >= 4 is 50.5 Å². The fourth-order valence-electron chi connectivity index (χ4n) is 4.10. The molecule has 36 heavy (non-hydrogen) atoms. The summed E-state index contributed by atoms with van der Waals surface area (Å²) in [6.07, 6.45) is 0.687. The third-order valence-corrected chi connectivity index (χ3v) is 8.83. The van der Waals surface area contributed by atoms with Gasteiger partial charge in [-0.3, -0.25) is 9.69 Å². The van der Waals surface area contributed by atoms with Gasteiger partial charge in [-0.2, -0.15) is 0 Å². The van der Waals surface area contributed by atoms with E-state index in [0.717, 1.165) is 23.5 Å². The van der Waals surface area contributed by atoms with Gasteiger partial charge in [-0.05, 0) is 48.7 Å². The maximum atomic E-state index is 13.0. The van der Waals surface area contributed by atoms with Crippen molar-refractivity contribution in [2.75, 3.05) is 24.2 Å². The molecule has 0 unspecified atom stereocenters. The SMILES string of the molecule is CCOC(=O)c1c(NC(=O)c2ccc(S(=O)(=O)CC)cc2)sc2c1CCN(Cc1ccccc1)C2.Cl. The van der Waals surface area contributed by atoms with E-state index in [4.69, 9.17) is 4.74 Å². The molecule has 0 saturated heterocycles. The van der Waals surface area contributed by atoms with Crippen molar-refractivity contribution in [1.29, 1.82) is 0 Å². The number of benzene rings is 2. The fraction of sp³-hybridized carbons (Fsp3) is 0.308. The minimum absolute atomic E-state index is 0. The number of fused-ring (bicyclic) bond motifs is 1. The van der Waals surface area contributed by atoms with Gasteiger partial charge in [0.1, 0.15) is 5.00 Å². The first-order chi connectivity index (χ1) is 16.8. The van der Waals surface area contributed by atoms with Gasteiger partial charge >= 0.3 is 5.97 Å². The number of ether oxygens (including phenoxy) is 1. The van der Waals surface area contributed by atoms with Gasteiger partial charge in [-0.25, -0.2) is 13.2 Å². The Morgan fingerprint density at radius 1 is 1.06 bits per heavy atom. The third kappa shape index (κ3) is 6.15. The number of rotatable bonds is 8. The van der Waals surface area contributed by atoms with Crippen LogP contribution in [0.5, 0.6) is 0 Å². The molecule has 0 fully saturated rings. The van der Waals surface area contributed by atoms with Crippen molar-refractivity contribution < 1.29 is 22.7 Å². The predicted octanol–water partition coefficient (Wildman–Crippen LogP) is 4.95. The maximum absolute atomic E-state index is 13.0. The standard InChI is InChI=1S/C26H28N2O5S2.ClH/c1-3-33-26(30)23-21-14-15-28(16-18-8-6-5-7-9-18)17-22(21)34-25(23)27-24(29)19-10-12-20(13-11-19)35(31,32)4-2;/h5-13H,3-4,14-17H2,1-2H3,(H,27,29);1H. The zero-order valence-corrected chi connectivity index (χ0v) is 22.6. The molecule has 1 aromatic heterocycles. The van der Waals surface area contributed by atoms with Crippen LogP contribution in [0.1, 0.15) is 50.6 Å². The van der Waals surface area contributed by atoms with Gasteiger partial charge in [-0.1, -0.05) is 37.3 Å². The van der Waals surface area contributed by atoms with E-state index in [-0.39, 0.29) is 29.7 Å². The van der Waals surface area contributed by atoms with Gasteiger partial charge in [0, 0.05) is 30.1 Å². The van der Waals surface area contributed by atoms with Crippen molar-refractivity contribution in [3.05, 3.63) is 81.7 Å². The Morgan fingerprint density at radius 2 is 1.75 bits per heavy atom. The number of hydrogen-bond donors (Lipinski definition) is 1. The van der Waals surface area contributed by atoms with Crippen LogP contribution >= 0.6 is 23.7 Å². The Balaban J connectivity index is 0.00000361. The van der Waals surface area contributed by atoms with Gasteiger partial charge in [0.2, 0.25) is 0 Å². The summed E-state index contributed by atoms with van der Waals surface area (Å²) in [6, 6.07) is 16.1. The molecule has 1 amide bonds. The summed E-state index contributed by atoms with van der Waals surface area (Å²) < 4.78 is 29.4. The summed E-state index contributed by atoms with van der Waals surface area (Å²) in [7, 11) is -3.35. The number of carbonyl (C=O) groups is 2. The molecule has 7 nitrogen and oxygen atoms in total. The monoisotopic (exact) mass is 548 g/mol. The Kier molecular flexibility index (Phi) is 9.30. The largest absolute Gasteiger partial charge is 0.462 e. The number of sulfone groups is 1. The van der Waals surface area contributed by atoms with Gasteiger partial charge in [0.25, 0.3) is 5.91 Å². The number of nitrogens with zero attached hydrogens (tertiary/aromatic N) is 1. The topological polar surface area (TPSA) is 92.8 Å². The lowest BCUT2D eigenvalue weighted by Gasteiger charge is -2.27. The highest BCUT2D eigenvalue weighted by molar-refractivity contribution is 7.91. The number of anilines is 1. The molecular formula is C26H29ClN2O5S2. The zero-order chi connectivity index (χ0) is 25.0. The van der Waals surface area contributed by atoms with Crippen molar-refractivity contribution in [2.24, 2.45) is 0 Å². The van der Waals surface area contributed by atoms with Crippen molar-refractivity contribution in [2.45, 2.75) is 38.3 Å². The second kappa shape index (κ2) is 12.0. The molecule has 1 aliphatic rings. The number of amides is 1. The van der Waals surface area contributed by atoms with Gasteiger partial charge < -0.3 is 10.1 Å². The molecule has 0 aliphatic carbocycles. The zero-order valence-electron chi connectivity index (χ0n) is 20.2. The fourth-order valence-corrected chi connectivity index (χ4v) is 6.25. The Morgan fingerprint density at radius 3 is 2.39 bits per heavy atom. The number of esters is 1. The molecule has 0 radical (unpaired) electrons. The first kappa shape index (κ1) is 27.9. The first-order valence-electron chi connectivity index (χ1n) is 11.5. The van der Waals surface area contributed by atoms with E-state index in [1.165, 1.54) is 41.2 Å². The maximum Gasteiger partial charge on any atom is 0.341 e. The Bertz CT molecular complexity index is 1320. The number of halogens is 1. The lowest BCUT2D eigenvalue weighted by atomic mass is 10.0. The number of carbonyl (C=O) groups excluding carboxylic acids is 2. The van der Waals surface area contributed by atoms with E-state index in [0.29, 0.717) is 29.1 Å². The number of hydrogen-bond acceptors (Lipinski definition) is 7. The molecule has 1 N–H and O–H groups in total. The minimum Gasteiger partial charge on any atom is -0.462 e. The molecule has 2 heterocycles. The summed E-state index contributed by atoms with van der Waals surface area (Å²) in [6.45, 7) is 5.85. The molecular weight excluding hydrogens is 520 g/mol. The quantitative estimate of drug-likeness (QED) is 0.400. The van der Waals surface area contributed by atoms with E-state index in [9.17, 15) is 18.0 Å². The minimum atomic E-state index is -3.35. The van der Waals surface area contributed by atoms with Gasteiger partial charge in [0.05, 0.1) is 22.8 Å². The summed E-state index contributed by atoms with van der Waals surface area (Å²) in [5, 5.41) is 3.33. The van der Waals surface area contributed by atoms with Crippen molar-refractivity contribution in [3.63, 3.8) is 0 Å². The second-order valence-electron chi connectivity index (χ2n) is 8.26. The molecule has 4 rings (SSSR count). The molecule has 192 valence electrons. The van der Waals surface area contributed by atoms with E-state index < -0.39 is 21.7 Å². The van der Waals surface area contributed by atoms with Crippen molar-refractivity contribution in [1.82, 2.24) is 4.90 Å². The molecule has 1 aliphatic heterocycles. The molecule has 2 aromatic carbocycles. The molecule has 10 heteroatoms. The van der Waals surface area contributed by atoms with Crippen LogP contribution in [0.25, 0.3) is 0 Å². The molecule has 0 spiro atoms. The number of thiophene rings is 1. The molecule has 0 atom stereocenters. The van der Waals surface area contributed by atoms with E-state index in [1.807, 2.05) is 18.2 Å². The smallest absolute Gasteiger partial charge is 0.341 e. The third-order valence-electron chi connectivity index (χ3n) is 5.95. The van der Waals surface area contributed by atoms with Crippen LogP contribution < -0.4 is 5.32 Å². The second-order valence-corrected chi connectivity index (χ2v) is 11.6. The van der Waals surface area contributed by atoms with Crippen LogP contribution in [0.15, 0.2) is 59.5 Å². The van der Waals surface area contributed by atoms with Crippen LogP contribution in [0.3, 0.4) is 0 Å². The van der Waals surface area contributed by atoms with Crippen LogP contribution in [0.4, 0.5) is 5.00 Å². The average Bonchev–Trinajstić information content (AvgIpc) is 3.22. The molecule has 3 aromatic rings.